The van der Waals surface area contributed by atoms with E-state index in [2.05, 4.69) is 0 Å². The summed E-state index contributed by atoms with van der Waals surface area (Å²) in [5.74, 6) is -0.0426. The fraction of sp³-hybridized carbons (Fsp3) is 0.0714. The molecule has 2 aromatic carbocycles. The van der Waals surface area contributed by atoms with Gasteiger partial charge in [0.05, 0.1) is 0 Å². The van der Waals surface area contributed by atoms with Crippen LogP contribution in [-0.4, -0.2) is 10.9 Å². The normalized spacial score (nSPS) is 11.3. The Hall–Kier alpha value is -1.22. The first-order chi connectivity index (χ1) is 8.88. The Kier molecular flexibility index (Phi) is 4.04. The molecule has 0 bridgehead atoms. The maximum absolute atomic E-state index is 12.1. The number of rotatable bonds is 2. The quantitative estimate of drug-likeness (QED) is 0.656. The van der Waals surface area contributed by atoms with E-state index in [-0.39, 0.29) is 11.5 Å². The Morgan fingerprint density at radius 3 is 1.68 bits per heavy atom. The molecule has 0 radical (unpaired) electrons. The van der Waals surface area contributed by atoms with Crippen LogP contribution in [0.25, 0.3) is 0 Å². The summed E-state index contributed by atoms with van der Waals surface area (Å²) in [7, 11) is 0. The van der Waals surface area contributed by atoms with Gasteiger partial charge in [-0.05, 0) is 24.3 Å². The Morgan fingerprint density at radius 2 is 1.26 bits per heavy atom. The van der Waals surface area contributed by atoms with Crippen LogP contribution in [0.15, 0.2) is 48.5 Å². The molecule has 0 aliphatic heterocycles. The van der Waals surface area contributed by atoms with Crippen molar-refractivity contribution >= 4 is 40.6 Å². The summed E-state index contributed by atoms with van der Waals surface area (Å²) >= 11 is 17.2. The van der Waals surface area contributed by atoms with Crippen LogP contribution in [0.4, 0.5) is 0 Å². The van der Waals surface area contributed by atoms with Crippen molar-refractivity contribution in [3.8, 4) is 5.75 Å². The van der Waals surface area contributed by atoms with Crippen molar-refractivity contribution in [2.75, 3.05) is 0 Å². The number of ketones is 1. The molecule has 19 heavy (non-hydrogen) atoms. The zero-order chi connectivity index (χ0) is 14.0. The van der Waals surface area contributed by atoms with Gasteiger partial charge in [-0.25, -0.2) is 0 Å². The molecule has 0 unspecified atom stereocenters. The molecule has 0 atom stereocenters. The zero-order valence-electron chi connectivity index (χ0n) is 9.61. The molecule has 2 aromatic rings. The lowest BCUT2D eigenvalue weighted by Gasteiger charge is -2.11. The van der Waals surface area contributed by atoms with Crippen LogP contribution in [0.5, 0.6) is 5.75 Å². The van der Waals surface area contributed by atoms with Crippen LogP contribution < -0.4 is 0 Å². The van der Waals surface area contributed by atoms with Crippen molar-refractivity contribution in [1.82, 2.24) is 0 Å². The van der Waals surface area contributed by atoms with E-state index < -0.39 is 3.79 Å². The summed E-state index contributed by atoms with van der Waals surface area (Å²) < 4.78 is -1.50. The number of phenols is 1. The highest BCUT2D eigenvalue weighted by Gasteiger charge is 2.22. The Morgan fingerprint density at radius 1 is 0.842 bits per heavy atom. The van der Waals surface area contributed by atoms with Crippen LogP contribution in [-0.2, 0) is 3.79 Å². The second-order valence-electron chi connectivity index (χ2n) is 3.95. The standard InChI is InChI=1S/C14H9Cl3O2/c15-14(16,17)11-5-1-9(2-6-11)13(19)10-3-7-12(18)8-4-10/h1-8,18H. The molecule has 0 saturated heterocycles. The van der Waals surface area contributed by atoms with Crippen molar-refractivity contribution in [3.05, 3.63) is 65.2 Å². The van der Waals surface area contributed by atoms with Crippen LogP contribution in [0.2, 0.25) is 0 Å². The summed E-state index contributed by atoms with van der Waals surface area (Å²) in [5, 5.41) is 9.18. The first-order valence-corrected chi connectivity index (χ1v) is 6.52. The van der Waals surface area contributed by atoms with E-state index >= 15 is 0 Å². The first-order valence-electron chi connectivity index (χ1n) is 5.39. The molecule has 0 aliphatic rings. The summed E-state index contributed by atoms with van der Waals surface area (Å²) in [6.07, 6.45) is 0. The van der Waals surface area contributed by atoms with Crippen molar-refractivity contribution in [3.63, 3.8) is 0 Å². The third kappa shape index (κ3) is 3.41. The molecule has 0 aromatic heterocycles. The third-order valence-electron chi connectivity index (χ3n) is 2.60. The lowest BCUT2D eigenvalue weighted by atomic mass is 10.0. The highest BCUT2D eigenvalue weighted by atomic mass is 35.6. The number of carbonyl (C=O) groups is 1. The summed E-state index contributed by atoms with van der Waals surface area (Å²) in [4.78, 5) is 12.1. The Balaban J connectivity index is 2.27. The lowest BCUT2D eigenvalue weighted by molar-refractivity contribution is 0.103. The van der Waals surface area contributed by atoms with Crippen molar-refractivity contribution in [2.24, 2.45) is 0 Å². The molecule has 0 saturated carbocycles. The molecule has 2 nitrogen and oxygen atoms in total. The van der Waals surface area contributed by atoms with E-state index in [4.69, 9.17) is 34.8 Å². The van der Waals surface area contributed by atoms with Gasteiger partial charge in [-0.1, -0.05) is 59.1 Å². The molecular formula is C14H9Cl3O2. The summed E-state index contributed by atoms with van der Waals surface area (Å²) in [6.45, 7) is 0. The highest BCUT2D eigenvalue weighted by molar-refractivity contribution is 6.66. The van der Waals surface area contributed by atoms with Gasteiger partial charge < -0.3 is 5.11 Å². The number of alkyl halides is 3. The van der Waals surface area contributed by atoms with Crippen LogP contribution in [0, 0.1) is 0 Å². The van der Waals surface area contributed by atoms with E-state index in [0.29, 0.717) is 16.7 Å². The largest absolute Gasteiger partial charge is 0.508 e. The van der Waals surface area contributed by atoms with Gasteiger partial charge in [-0.2, -0.15) is 0 Å². The number of hydrogen-bond acceptors (Lipinski definition) is 2. The van der Waals surface area contributed by atoms with Crippen molar-refractivity contribution in [1.29, 1.82) is 0 Å². The Bertz CT molecular complexity index is 584. The smallest absolute Gasteiger partial charge is 0.216 e. The van der Waals surface area contributed by atoms with Crippen LogP contribution in [0.3, 0.4) is 0 Å². The third-order valence-corrected chi connectivity index (χ3v) is 3.26. The predicted octanol–water partition coefficient (Wildman–Crippen LogP) is 4.45. The highest BCUT2D eigenvalue weighted by Crippen LogP contribution is 2.38. The van der Waals surface area contributed by atoms with Crippen molar-refractivity contribution in [2.45, 2.75) is 3.79 Å². The van der Waals surface area contributed by atoms with Gasteiger partial charge >= 0.3 is 0 Å². The maximum atomic E-state index is 12.1. The molecule has 0 fully saturated rings. The number of halogens is 3. The topological polar surface area (TPSA) is 37.3 Å². The van der Waals surface area contributed by atoms with Gasteiger partial charge in [0.2, 0.25) is 3.79 Å². The van der Waals surface area contributed by atoms with Gasteiger partial charge in [0.15, 0.2) is 5.78 Å². The molecule has 0 spiro atoms. The van der Waals surface area contributed by atoms with E-state index in [0.717, 1.165) is 0 Å². The zero-order valence-corrected chi connectivity index (χ0v) is 11.9. The molecule has 1 N–H and O–H groups in total. The average Bonchev–Trinajstić information content (AvgIpc) is 2.38. The van der Waals surface area contributed by atoms with Crippen LogP contribution >= 0.6 is 34.8 Å². The Labute approximate surface area is 125 Å². The van der Waals surface area contributed by atoms with Crippen molar-refractivity contribution < 1.29 is 9.90 Å². The van der Waals surface area contributed by atoms with E-state index in [1.807, 2.05) is 0 Å². The van der Waals surface area contributed by atoms with E-state index in [9.17, 15) is 9.90 Å². The molecule has 0 heterocycles. The summed E-state index contributed by atoms with van der Waals surface area (Å²) in [6, 6.07) is 12.4. The van der Waals surface area contributed by atoms with Crippen LogP contribution in [0.1, 0.15) is 21.5 Å². The average molecular weight is 316 g/mol. The predicted molar refractivity (Wildman–Crippen MR) is 77.2 cm³/mol. The molecular weight excluding hydrogens is 307 g/mol. The molecule has 5 heteroatoms. The fourth-order valence-electron chi connectivity index (χ4n) is 1.59. The maximum Gasteiger partial charge on any atom is 0.216 e. The number of benzene rings is 2. The second kappa shape index (κ2) is 5.41. The molecule has 0 amide bonds. The number of carbonyl (C=O) groups excluding carboxylic acids is 1. The monoisotopic (exact) mass is 314 g/mol. The molecule has 98 valence electrons. The van der Waals surface area contributed by atoms with E-state index in [1.165, 1.54) is 12.1 Å². The van der Waals surface area contributed by atoms with Gasteiger partial charge in [0.1, 0.15) is 5.75 Å². The lowest BCUT2D eigenvalue weighted by Crippen LogP contribution is -2.04. The molecule has 0 aliphatic carbocycles. The van der Waals surface area contributed by atoms with Gasteiger partial charge in [-0.15, -0.1) is 0 Å². The number of hydrogen-bond donors (Lipinski definition) is 1. The number of aromatic hydroxyl groups is 1. The minimum absolute atomic E-state index is 0.114. The number of phenolic OH excluding ortho intramolecular Hbond substituents is 1. The second-order valence-corrected chi connectivity index (χ2v) is 6.23. The van der Waals surface area contributed by atoms with Gasteiger partial charge in [0.25, 0.3) is 0 Å². The van der Waals surface area contributed by atoms with E-state index in [1.54, 1.807) is 36.4 Å². The van der Waals surface area contributed by atoms with Gasteiger partial charge in [-0.3, -0.25) is 4.79 Å². The molecule has 2 rings (SSSR count). The minimum atomic E-state index is -1.50. The fourth-order valence-corrected chi connectivity index (χ4v) is 1.97. The summed E-state index contributed by atoms with van der Waals surface area (Å²) in [5.41, 5.74) is 1.47. The first kappa shape index (κ1) is 14.2. The SMILES string of the molecule is O=C(c1ccc(O)cc1)c1ccc(C(Cl)(Cl)Cl)cc1. The minimum Gasteiger partial charge on any atom is -0.508 e. The van der Waals surface area contributed by atoms with Gasteiger partial charge in [0, 0.05) is 16.7 Å².